The molecule has 1 unspecified atom stereocenters. The number of aromatic nitrogens is 2. The highest BCUT2D eigenvalue weighted by Gasteiger charge is 2.43. The Balaban J connectivity index is 2.37. The molecule has 0 spiro atoms. The third-order valence-corrected chi connectivity index (χ3v) is 2.56. The summed E-state index contributed by atoms with van der Waals surface area (Å²) < 4.78 is 39.2. The van der Waals surface area contributed by atoms with Crippen LogP contribution in [0.2, 0.25) is 0 Å². The fourth-order valence-corrected chi connectivity index (χ4v) is 1.76. The van der Waals surface area contributed by atoms with E-state index in [1.807, 2.05) is 6.92 Å². The van der Waals surface area contributed by atoms with Crippen molar-refractivity contribution in [2.45, 2.75) is 32.0 Å². The van der Waals surface area contributed by atoms with Gasteiger partial charge < -0.3 is 9.88 Å². The van der Waals surface area contributed by atoms with E-state index in [1.54, 1.807) is 0 Å². The van der Waals surface area contributed by atoms with Crippen molar-refractivity contribution in [3.05, 3.63) is 11.9 Å². The van der Waals surface area contributed by atoms with Crippen molar-refractivity contribution in [3.8, 4) is 0 Å². The van der Waals surface area contributed by atoms with Gasteiger partial charge in [0.1, 0.15) is 6.04 Å². The lowest BCUT2D eigenvalue weighted by Crippen LogP contribution is -2.33. The first-order valence-corrected chi connectivity index (χ1v) is 4.90. The summed E-state index contributed by atoms with van der Waals surface area (Å²) in [5.74, 6) is 0.334. The number of nitrogens with zero attached hydrogens (tertiary/aromatic N) is 2. The van der Waals surface area contributed by atoms with Gasteiger partial charge in [0.25, 0.3) is 0 Å². The van der Waals surface area contributed by atoms with Crippen LogP contribution in [0.3, 0.4) is 0 Å². The minimum atomic E-state index is -4.19. The molecule has 15 heavy (non-hydrogen) atoms. The van der Waals surface area contributed by atoms with E-state index in [1.165, 1.54) is 10.8 Å². The normalized spacial score (nSPS) is 20.9. The maximum Gasteiger partial charge on any atom is 0.409 e. The number of alkyl halides is 3. The number of rotatable bonds is 1. The number of aryl methyl sites for hydroxylation is 1. The molecule has 2 rings (SSSR count). The van der Waals surface area contributed by atoms with Gasteiger partial charge in [-0.3, -0.25) is 0 Å². The van der Waals surface area contributed by atoms with E-state index in [0.29, 0.717) is 24.6 Å². The summed E-state index contributed by atoms with van der Waals surface area (Å²) in [6.07, 6.45) is -2.00. The van der Waals surface area contributed by atoms with Crippen LogP contribution in [0.5, 0.6) is 0 Å². The summed E-state index contributed by atoms with van der Waals surface area (Å²) in [6.45, 7) is 2.20. The smallest absolute Gasteiger partial charge is 0.356 e. The van der Waals surface area contributed by atoms with E-state index >= 15 is 0 Å². The molecule has 1 aliphatic heterocycles. The number of fused-ring (bicyclic) bond motifs is 1. The van der Waals surface area contributed by atoms with Crippen LogP contribution < -0.4 is 5.32 Å². The van der Waals surface area contributed by atoms with Crippen LogP contribution in [0.15, 0.2) is 6.20 Å². The molecule has 0 aromatic carbocycles. The zero-order valence-corrected chi connectivity index (χ0v) is 8.30. The lowest BCUT2D eigenvalue weighted by atomic mass is 10.1. The summed E-state index contributed by atoms with van der Waals surface area (Å²) in [5, 5.41) is 2.87. The van der Waals surface area contributed by atoms with Gasteiger partial charge in [-0.05, 0) is 12.8 Å². The van der Waals surface area contributed by atoms with E-state index in [4.69, 9.17) is 0 Å². The Kier molecular flexibility index (Phi) is 2.36. The van der Waals surface area contributed by atoms with E-state index in [-0.39, 0.29) is 6.42 Å². The van der Waals surface area contributed by atoms with Crippen LogP contribution in [0, 0.1) is 0 Å². The van der Waals surface area contributed by atoms with Crippen molar-refractivity contribution in [2.75, 3.05) is 11.9 Å². The topological polar surface area (TPSA) is 29.9 Å². The highest BCUT2D eigenvalue weighted by atomic mass is 19.4. The molecule has 6 heteroatoms. The van der Waals surface area contributed by atoms with Crippen LogP contribution >= 0.6 is 0 Å². The molecular weight excluding hydrogens is 207 g/mol. The third-order valence-electron chi connectivity index (χ3n) is 2.56. The number of hydrogen-bond acceptors (Lipinski definition) is 2. The van der Waals surface area contributed by atoms with Crippen molar-refractivity contribution >= 4 is 5.95 Å². The number of hydrogen-bond donors (Lipinski definition) is 1. The first kappa shape index (κ1) is 10.3. The molecule has 84 valence electrons. The van der Waals surface area contributed by atoms with Crippen LogP contribution in [0.4, 0.5) is 19.1 Å². The summed E-state index contributed by atoms with van der Waals surface area (Å²) in [7, 11) is 0. The summed E-state index contributed by atoms with van der Waals surface area (Å²) in [4.78, 5) is 4.08. The predicted octanol–water partition coefficient (Wildman–Crippen LogP) is 2.36. The third kappa shape index (κ3) is 1.80. The molecule has 0 amide bonds. The largest absolute Gasteiger partial charge is 0.409 e. The van der Waals surface area contributed by atoms with Gasteiger partial charge in [-0.25, -0.2) is 4.98 Å². The SMILES string of the molecule is CCc1cn2c(n1)NCCC2C(F)(F)F. The second-order valence-corrected chi connectivity index (χ2v) is 3.59. The molecular formula is C9H12F3N3. The molecule has 0 fully saturated rings. The number of anilines is 1. The molecule has 1 aromatic rings. The minimum absolute atomic E-state index is 0.0655. The standard InChI is InChI=1S/C9H12F3N3/c1-2-6-5-15-7(9(10,11)12)3-4-13-8(15)14-6/h5,7H,2-4H2,1H3,(H,13,14). The zero-order chi connectivity index (χ0) is 11.1. The Bertz CT molecular complexity index is 356. The zero-order valence-electron chi connectivity index (χ0n) is 8.30. The number of nitrogens with one attached hydrogen (secondary N) is 1. The quantitative estimate of drug-likeness (QED) is 0.785. The van der Waals surface area contributed by atoms with E-state index in [9.17, 15) is 13.2 Å². The van der Waals surface area contributed by atoms with Gasteiger partial charge >= 0.3 is 6.18 Å². The van der Waals surface area contributed by atoms with Crippen LogP contribution in [0.25, 0.3) is 0 Å². The minimum Gasteiger partial charge on any atom is -0.356 e. The highest BCUT2D eigenvalue weighted by molar-refractivity contribution is 5.32. The summed E-state index contributed by atoms with van der Waals surface area (Å²) >= 11 is 0. The van der Waals surface area contributed by atoms with Crippen molar-refractivity contribution in [1.29, 1.82) is 0 Å². The summed E-state index contributed by atoms with van der Waals surface area (Å²) in [5.41, 5.74) is 0.689. The van der Waals surface area contributed by atoms with Gasteiger partial charge in [-0.2, -0.15) is 13.2 Å². The second kappa shape index (κ2) is 3.43. The van der Waals surface area contributed by atoms with Gasteiger partial charge in [0.15, 0.2) is 0 Å². The van der Waals surface area contributed by atoms with Crippen LogP contribution in [-0.2, 0) is 6.42 Å². The average Bonchev–Trinajstić information content (AvgIpc) is 2.57. The lowest BCUT2D eigenvalue weighted by Gasteiger charge is -2.27. The monoisotopic (exact) mass is 219 g/mol. The molecule has 3 nitrogen and oxygen atoms in total. The molecule has 1 atom stereocenters. The van der Waals surface area contributed by atoms with Crippen molar-refractivity contribution in [3.63, 3.8) is 0 Å². The van der Waals surface area contributed by atoms with Gasteiger partial charge in [0.05, 0.1) is 5.69 Å². The fourth-order valence-electron chi connectivity index (χ4n) is 1.76. The van der Waals surface area contributed by atoms with Crippen molar-refractivity contribution < 1.29 is 13.2 Å². The molecule has 0 saturated carbocycles. The Morgan fingerprint density at radius 2 is 2.33 bits per heavy atom. The molecule has 2 heterocycles. The van der Waals surface area contributed by atoms with E-state index < -0.39 is 12.2 Å². The Morgan fingerprint density at radius 3 is 2.93 bits per heavy atom. The Morgan fingerprint density at radius 1 is 1.60 bits per heavy atom. The van der Waals surface area contributed by atoms with Crippen LogP contribution in [0.1, 0.15) is 25.1 Å². The average molecular weight is 219 g/mol. The second-order valence-electron chi connectivity index (χ2n) is 3.59. The Labute approximate surface area is 85.3 Å². The predicted molar refractivity (Wildman–Crippen MR) is 49.8 cm³/mol. The molecule has 0 aliphatic carbocycles. The van der Waals surface area contributed by atoms with Gasteiger partial charge in [-0.1, -0.05) is 6.92 Å². The number of halogens is 3. The first-order valence-electron chi connectivity index (χ1n) is 4.90. The molecule has 1 aromatic heterocycles. The van der Waals surface area contributed by atoms with Gasteiger partial charge in [-0.15, -0.1) is 0 Å². The fraction of sp³-hybridized carbons (Fsp3) is 0.667. The number of imidazole rings is 1. The molecule has 1 aliphatic rings. The molecule has 0 radical (unpaired) electrons. The van der Waals surface area contributed by atoms with E-state index in [0.717, 1.165) is 0 Å². The van der Waals surface area contributed by atoms with Gasteiger partial charge in [0, 0.05) is 12.7 Å². The molecule has 1 N–H and O–H groups in total. The maximum atomic E-state index is 12.7. The van der Waals surface area contributed by atoms with E-state index in [2.05, 4.69) is 10.3 Å². The summed E-state index contributed by atoms with van der Waals surface area (Å²) in [6, 6.07) is -1.43. The molecule has 0 saturated heterocycles. The van der Waals surface area contributed by atoms with Gasteiger partial charge in [0.2, 0.25) is 5.95 Å². The highest BCUT2D eigenvalue weighted by Crippen LogP contribution is 2.37. The lowest BCUT2D eigenvalue weighted by molar-refractivity contribution is -0.169. The van der Waals surface area contributed by atoms with Crippen LogP contribution in [-0.4, -0.2) is 22.3 Å². The molecule has 0 bridgehead atoms. The first-order chi connectivity index (χ1) is 7.02. The van der Waals surface area contributed by atoms with Crippen molar-refractivity contribution in [1.82, 2.24) is 9.55 Å². The van der Waals surface area contributed by atoms with Crippen molar-refractivity contribution in [2.24, 2.45) is 0 Å². The maximum absolute atomic E-state index is 12.7. The Hall–Kier alpha value is -1.20.